The summed E-state index contributed by atoms with van der Waals surface area (Å²) in [5.41, 5.74) is 2.50. The minimum atomic E-state index is 0.692. The number of pyridine rings is 1. The second-order valence-corrected chi connectivity index (χ2v) is 4.77. The number of aromatic nitrogens is 2. The first-order valence-electron chi connectivity index (χ1n) is 5.35. The fraction of sp³-hybridized carbons (Fsp3) is 0.455. The maximum Gasteiger partial charge on any atom is 0.101 e. The van der Waals surface area contributed by atoms with Crippen molar-refractivity contribution in [1.82, 2.24) is 14.7 Å². The Kier molecular flexibility index (Phi) is 2.38. The third-order valence-electron chi connectivity index (χ3n) is 3.06. The Hall–Kier alpha value is -1.00. The minimum Gasteiger partial charge on any atom is -0.317 e. The molecule has 4 heteroatoms. The topological polar surface area (TPSA) is 37.8 Å². The van der Waals surface area contributed by atoms with E-state index in [4.69, 9.17) is 0 Å². The second kappa shape index (κ2) is 3.87. The molecule has 0 atom stereocenters. The van der Waals surface area contributed by atoms with Crippen LogP contribution in [-0.4, -0.2) is 22.4 Å². The summed E-state index contributed by atoms with van der Waals surface area (Å²) in [5.74, 6) is 0.692. The van der Waals surface area contributed by atoms with E-state index >= 15 is 0 Å². The van der Waals surface area contributed by atoms with E-state index in [1.807, 2.05) is 12.4 Å². The lowest BCUT2D eigenvalue weighted by Crippen LogP contribution is -2.26. The van der Waals surface area contributed by atoms with Crippen LogP contribution in [-0.2, 0) is 0 Å². The van der Waals surface area contributed by atoms with Crippen LogP contribution in [0.25, 0.3) is 10.2 Å². The van der Waals surface area contributed by atoms with Crippen molar-refractivity contribution in [3.05, 3.63) is 24.0 Å². The van der Waals surface area contributed by atoms with Gasteiger partial charge < -0.3 is 5.32 Å². The van der Waals surface area contributed by atoms with Gasteiger partial charge in [-0.2, -0.15) is 4.37 Å². The number of hydrogen-bond acceptors (Lipinski definition) is 4. The van der Waals surface area contributed by atoms with Crippen molar-refractivity contribution in [3.8, 4) is 0 Å². The zero-order valence-electron chi connectivity index (χ0n) is 8.44. The molecule has 1 saturated heterocycles. The fourth-order valence-corrected chi connectivity index (χ4v) is 3.05. The Morgan fingerprint density at radius 2 is 2.20 bits per heavy atom. The van der Waals surface area contributed by atoms with E-state index in [0.29, 0.717) is 5.92 Å². The van der Waals surface area contributed by atoms with Crippen LogP contribution in [0.2, 0.25) is 0 Å². The molecular weight excluding hydrogens is 206 g/mol. The average Bonchev–Trinajstić information content (AvgIpc) is 2.78. The zero-order valence-corrected chi connectivity index (χ0v) is 9.26. The van der Waals surface area contributed by atoms with Crippen LogP contribution >= 0.6 is 11.5 Å². The molecule has 0 aliphatic carbocycles. The van der Waals surface area contributed by atoms with Crippen molar-refractivity contribution >= 4 is 21.7 Å². The number of nitrogens with zero attached hydrogens (tertiary/aromatic N) is 2. The molecule has 3 rings (SSSR count). The van der Waals surface area contributed by atoms with E-state index in [2.05, 4.69) is 20.7 Å². The van der Waals surface area contributed by atoms with Crippen LogP contribution in [0.4, 0.5) is 0 Å². The Morgan fingerprint density at radius 3 is 3.07 bits per heavy atom. The van der Waals surface area contributed by atoms with Gasteiger partial charge in [0.05, 0.1) is 10.9 Å². The molecule has 3 nitrogen and oxygen atoms in total. The Bertz CT molecular complexity index is 460. The van der Waals surface area contributed by atoms with Gasteiger partial charge in [0.2, 0.25) is 0 Å². The summed E-state index contributed by atoms with van der Waals surface area (Å²) in [7, 11) is 0. The van der Waals surface area contributed by atoms with Gasteiger partial charge in [-0.25, -0.2) is 0 Å². The molecule has 1 aliphatic heterocycles. The van der Waals surface area contributed by atoms with Crippen molar-refractivity contribution in [3.63, 3.8) is 0 Å². The summed E-state index contributed by atoms with van der Waals surface area (Å²) in [4.78, 5) is 4.33. The van der Waals surface area contributed by atoms with E-state index in [9.17, 15) is 0 Å². The van der Waals surface area contributed by atoms with E-state index < -0.39 is 0 Å². The van der Waals surface area contributed by atoms with Crippen LogP contribution in [0.15, 0.2) is 18.5 Å². The maximum absolute atomic E-state index is 4.33. The lowest BCUT2D eigenvalue weighted by atomic mass is 9.91. The van der Waals surface area contributed by atoms with Gasteiger partial charge in [-0.05, 0) is 55.0 Å². The van der Waals surface area contributed by atoms with Gasteiger partial charge in [0, 0.05) is 6.20 Å². The lowest BCUT2D eigenvalue weighted by molar-refractivity contribution is 0.462. The first-order valence-corrected chi connectivity index (χ1v) is 6.12. The van der Waals surface area contributed by atoms with Crippen LogP contribution in [0.5, 0.6) is 0 Å². The standard InChI is InChI=1S/C11H13N3S/c1-4-12-5-2-8(1)9-3-6-13-10-7-14-15-11(9)10/h3,6-8,12H,1-2,4-5H2. The summed E-state index contributed by atoms with van der Waals surface area (Å²) in [6.07, 6.45) is 6.24. The average molecular weight is 219 g/mol. The molecule has 1 aliphatic rings. The van der Waals surface area contributed by atoms with Crippen LogP contribution in [0, 0.1) is 0 Å². The molecule has 2 aromatic heterocycles. The van der Waals surface area contributed by atoms with Crippen molar-refractivity contribution in [2.45, 2.75) is 18.8 Å². The third-order valence-corrected chi connectivity index (χ3v) is 3.90. The van der Waals surface area contributed by atoms with Crippen LogP contribution in [0.3, 0.4) is 0 Å². The van der Waals surface area contributed by atoms with Gasteiger partial charge in [-0.3, -0.25) is 4.98 Å². The van der Waals surface area contributed by atoms with Gasteiger partial charge >= 0.3 is 0 Å². The molecule has 15 heavy (non-hydrogen) atoms. The van der Waals surface area contributed by atoms with Crippen LogP contribution < -0.4 is 5.32 Å². The van der Waals surface area contributed by atoms with E-state index in [-0.39, 0.29) is 0 Å². The van der Waals surface area contributed by atoms with Crippen molar-refractivity contribution in [1.29, 1.82) is 0 Å². The minimum absolute atomic E-state index is 0.692. The molecule has 0 spiro atoms. The predicted octanol–water partition coefficient (Wildman–Crippen LogP) is 2.16. The van der Waals surface area contributed by atoms with E-state index in [1.54, 1.807) is 11.5 Å². The lowest BCUT2D eigenvalue weighted by Gasteiger charge is -2.23. The number of rotatable bonds is 1. The number of fused-ring (bicyclic) bond motifs is 1. The molecule has 3 heterocycles. The molecule has 0 unspecified atom stereocenters. The van der Waals surface area contributed by atoms with Gasteiger partial charge in [0.1, 0.15) is 5.52 Å². The maximum atomic E-state index is 4.33. The highest BCUT2D eigenvalue weighted by Gasteiger charge is 2.18. The number of piperidine rings is 1. The molecule has 1 N–H and O–H groups in total. The molecule has 0 saturated carbocycles. The highest BCUT2D eigenvalue weighted by molar-refractivity contribution is 7.13. The normalized spacial score (nSPS) is 18.4. The smallest absolute Gasteiger partial charge is 0.101 e. The number of hydrogen-bond donors (Lipinski definition) is 1. The predicted molar refractivity (Wildman–Crippen MR) is 62.3 cm³/mol. The first kappa shape index (κ1) is 9.24. The second-order valence-electron chi connectivity index (χ2n) is 3.96. The quantitative estimate of drug-likeness (QED) is 0.798. The first-order chi connectivity index (χ1) is 7.45. The van der Waals surface area contributed by atoms with E-state index in [0.717, 1.165) is 18.6 Å². The molecule has 0 bridgehead atoms. The van der Waals surface area contributed by atoms with Crippen LogP contribution in [0.1, 0.15) is 24.3 Å². The largest absolute Gasteiger partial charge is 0.317 e. The number of nitrogens with one attached hydrogen (secondary N) is 1. The van der Waals surface area contributed by atoms with Crippen molar-refractivity contribution < 1.29 is 0 Å². The van der Waals surface area contributed by atoms with Crippen molar-refractivity contribution in [2.75, 3.05) is 13.1 Å². The Labute approximate surface area is 92.7 Å². The summed E-state index contributed by atoms with van der Waals surface area (Å²) in [5, 5.41) is 3.40. The Morgan fingerprint density at radius 1 is 1.33 bits per heavy atom. The highest BCUT2D eigenvalue weighted by Crippen LogP contribution is 2.32. The zero-order chi connectivity index (χ0) is 10.1. The fourth-order valence-electron chi connectivity index (χ4n) is 2.25. The summed E-state index contributed by atoms with van der Waals surface area (Å²) < 4.78 is 5.50. The van der Waals surface area contributed by atoms with Gasteiger partial charge in [0.15, 0.2) is 0 Å². The van der Waals surface area contributed by atoms with Gasteiger partial charge in [-0.15, -0.1) is 0 Å². The van der Waals surface area contributed by atoms with Gasteiger partial charge in [0.25, 0.3) is 0 Å². The molecule has 1 fully saturated rings. The highest BCUT2D eigenvalue weighted by atomic mass is 32.1. The SMILES string of the molecule is c1cc(C2CCNCC2)c2sncc2n1. The summed E-state index contributed by atoms with van der Waals surface area (Å²) >= 11 is 1.57. The molecule has 78 valence electrons. The summed E-state index contributed by atoms with van der Waals surface area (Å²) in [6.45, 7) is 2.26. The monoisotopic (exact) mass is 219 g/mol. The molecule has 0 aromatic carbocycles. The molecule has 0 radical (unpaired) electrons. The molecule has 2 aromatic rings. The van der Waals surface area contributed by atoms with E-state index in [1.165, 1.54) is 23.1 Å². The van der Waals surface area contributed by atoms with Crippen molar-refractivity contribution in [2.24, 2.45) is 0 Å². The Balaban J connectivity index is 2.05. The molecular formula is C11H13N3S. The summed E-state index contributed by atoms with van der Waals surface area (Å²) in [6, 6.07) is 2.16. The van der Waals surface area contributed by atoms with Gasteiger partial charge in [-0.1, -0.05) is 0 Å². The molecule has 0 amide bonds. The third kappa shape index (κ3) is 1.64.